The maximum atomic E-state index is 11.7. The molecule has 0 bridgehead atoms. The Morgan fingerprint density at radius 3 is 2.77 bits per heavy atom. The van der Waals surface area contributed by atoms with E-state index < -0.39 is 4.92 Å². The lowest BCUT2D eigenvalue weighted by atomic mass is 10.2. The minimum Gasteiger partial charge on any atom is -0.358 e. The summed E-state index contributed by atoms with van der Waals surface area (Å²) in [5.74, 6) is 0.366. The minimum atomic E-state index is -0.461. The van der Waals surface area contributed by atoms with Crippen LogP contribution in [0, 0.1) is 10.1 Å². The Kier molecular flexibility index (Phi) is 5.10. The third-order valence-corrected chi connectivity index (χ3v) is 6.69. The standard InChI is InChI=1S/C18H9Cl2N7O2S2/c19-12-4-3-11(8-13(12)20)26-14(10-2-1-5-21-9-10)23-24-18(26)31-15-16(27(28)29)25-6-7-30-17(25)22-15/h1-9H. The van der Waals surface area contributed by atoms with Crippen molar-refractivity contribution in [2.75, 3.05) is 0 Å². The third kappa shape index (κ3) is 3.55. The molecule has 4 heterocycles. The summed E-state index contributed by atoms with van der Waals surface area (Å²) >= 11 is 14.7. The number of fused-ring (bicyclic) bond motifs is 1. The van der Waals surface area contributed by atoms with Gasteiger partial charge in [-0.15, -0.1) is 10.2 Å². The highest BCUT2D eigenvalue weighted by Crippen LogP contribution is 2.38. The van der Waals surface area contributed by atoms with Crippen LogP contribution in [0.4, 0.5) is 5.82 Å². The Balaban J connectivity index is 1.69. The van der Waals surface area contributed by atoms with Crippen LogP contribution in [0.2, 0.25) is 10.0 Å². The fourth-order valence-electron chi connectivity index (χ4n) is 2.95. The molecule has 154 valence electrons. The van der Waals surface area contributed by atoms with Gasteiger partial charge in [0.2, 0.25) is 10.2 Å². The van der Waals surface area contributed by atoms with E-state index in [1.807, 2.05) is 6.07 Å². The molecule has 0 amide bonds. The van der Waals surface area contributed by atoms with Crippen LogP contribution < -0.4 is 0 Å². The smallest absolute Gasteiger partial charge is 0.358 e. The zero-order valence-electron chi connectivity index (χ0n) is 15.2. The van der Waals surface area contributed by atoms with Crippen LogP contribution in [0.15, 0.2) is 64.5 Å². The molecule has 5 aromatic rings. The first-order valence-corrected chi connectivity index (χ1v) is 11.1. The van der Waals surface area contributed by atoms with Crippen molar-refractivity contribution in [2.24, 2.45) is 0 Å². The van der Waals surface area contributed by atoms with Gasteiger partial charge in [-0.2, -0.15) is 9.38 Å². The predicted octanol–water partition coefficient (Wildman–Crippen LogP) is 5.40. The van der Waals surface area contributed by atoms with E-state index in [9.17, 15) is 10.1 Å². The number of aromatic nitrogens is 6. The number of nitro groups is 1. The van der Waals surface area contributed by atoms with E-state index in [4.69, 9.17) is 23.2 Å². The van der Waals surface area contributed by atoms with Crippen molar-refractivity contribution < 1.29 is 4.92 Å². The van der Waals surface area contributed by atoms with Crippen molar-refractivity contribution in [3.05, 3.63) is 74.5 Å². The fourth-order valence-corrected chi connectivity index (χ4v) is 4.94. The molecule has 0 spiro atoms. The second-order valence-corrected chi connectivity index (χ2v) is 8.78. The van der Waals surface area contributed by atoms with Gasteiger partial charge in [-0.05, 0) is 47.0 Å². The molecule has 0 aliphatic carbocycles. The molecular weight excluding hydrogens is 481 g/mol. The highest BCUT2D eigenvalue weighted by atomic mass is 35.5. The lowest BCUT2D eigenvalue weighted by molar-refractivity contribution is -0.393. The molecule has 0 saturated heterocycles. The van der Waals surface area contributed by atoms with Gasteiger partial charge in [0.15, 0.2) is 5.82 Å². The van der Waals surface area contributed by atoms with Gasteiger partial charge in [-0.1, -0.05) is 34.5 Å². The molecule has 0 atom stereocenters. The average molecular weight is 490 g/mol. The number of pyridine rings is 1. The Morgan fingerprint density at radius 2 is 2.03 bits per heavy atom. The third-order valence-electron chi connectivity index (χ3n) is 4.28. The van der Waals surface area contributed by atoms with Crippen LogP contribution in [0.25, 0.3) is 22.0 Å². The maximum Gasteiger partial charge on any atom is 0.363 e. The van der Waals surface area contributed by atoms with Gasteiger partial charge in [0.05, 0.1) is 15.7 Å². The summed E-state index contributed by atoms with van der Waals surface area (Å²) in [6.07, 6.45) is 4.92. The van der Waals surface area contributed by atoms with Crippen molar-refractivity contribution in [3.8, 4) is 17.1 Å². The second kappa shape index (κ2) is 7.93. The summed E-state index contributed by atoms with van der Waals surface area (Å²) in [5.41, 5.74) is 1.36. The quantitative estimate of drug-likeness (QED) is 0.240. The topological polar surface area (TPSA) is 104 Å². The van der Waals surface area contributed by atoms with E-state index in [2.05, 4.69) is 20.2 Å². The van der Waals surface area contributed by atoms with Crippen molar-refractivity contribution in [2.45, 2.75) is 10.2 Å². The minimum absolute atomic E-state index is 0.132. The zero-order valence-corrected chi connectivity index (χ0v) is 18.4. The first kappa shape index (κ1) is 19.9. The molecule has 0 aliphatic heterocycles. The Morgan fingerprint density at radius 1 is 1.16 bits per heavy atom. The molecule has 0 fully saturated rings. The van der Waals surface area contributed by atoms with E-state index in [1.165, 1.54) is 15.7 Å². The zero-order chi connectivity index (χ0) is 21.5. The maximum absolute atomic E-state index is 11.7. The van der Waals surface area contributed by atoms with Crippen LogP contribution in [0.5, 0.6) is 0 Å². The van der Waals surface area contributed by atoms with Crippen LogP contribution in [0.1, 0.15) is 0 Å². The van der Waals surface area contributed by atoms with Gasteiger partial charge in [0.25, 0.3) is 4.96 Å². The van der Waals surface area contributed by atoms with Gasteiger partial charge < -0.3 is 10.1 Å². The summed E-state index contributed by atoms with van der Waals surface area (Å²) < 4.78 is 3.18. The molecule has 0 unspecified atom stereocenters. The van der Waals surface area contributed by atoms with Crippen LogP contribution in [0.3, 0.4) is 0 Å². The van der Waals surface area contributed by atoms with Gasteiger partial charge in [0.1, 0.15) is 6.20 Å². The summed E-state index contributed by atoms with van der Waals surface area (Å²) in [6, 6.07) is 8.73. The lowest BCUT2D eigenvalue weighted by Crippen LogP contribution is -2.00. The number of halogens is 2. The molecule has 31 heavy (non-hydrogen) atoms. The number of benzene rings is 1. The number of rotatable bonds is 5. The normalized spacial score (nSPS) is 11.3. The molecule has 13 heteroatoms. The van der Waals surface area contributed by atoms with Crippen molar-refractivity contribution in [1.29, 1.82) is 0 Å². The first-order valence-electron chi connectivity index (χ1n) is 8.62. The Hall–Kier alpha value is -2.99. The SMILES string of the molecule is O=[N+]([O-])c1c(Sc2nnc(-c3cccnc3)n2-c2ccc(Cl)c(Cl)c2)nc2sccn12. The first-order chi connectivity index (χ1) is 15.0. The number of nitrogens with zero attached hydrogens (tertiary/aromatic N) is 7. The molecule has 0 aliphatic rings. The summed E-state index contributed by atoms with van der Waals surface area (Å²) in [7, 11) is 0. The number of hydrogen-bond donors (Lipinski definition) is 0. The lowest BCUT2D eigenvalue weighted by Gasteiger charge is -2.10. The van der Waals surface area contributed by atoms with Crippen LogP contribution in [-0.2, 0) is 0 Å². The van der Waals surface area contributed by atoms with Crippen molar-refractivity contribution in [3.63, 3.8) is 0 Å². The number of imidazole rings is 1. The Bertz CT molecular complexity index is 1430. The molecule has 0 radical (unpaired) electrons. The highest BCUT2D eigenvalue weighted by Gasteiger charge is 2.27. The monoisotopic (exact) mass is 489 g/mol. The largest absolute Gasteiger partial charge is 0.363 e. The summed E-state index contributed by atoms with van der Waals surface area (Å²) in [6.45, 7) is 0. The second-order valence-electron chi connectivity index (χ2n) is 6.14. The van der Waals surface area contributed by atoms with Gasteiger partial charge in [0, 0.05) is 23.3 Å². The molecule has 1 aromatic carbocycles. The van der Waals surface area contributed by atoms with Gasteiger partial charge in [-0.25, -0.2) is 0 Å². The highest BCUT2D eigenvalue weighted by molar-refractivity contribution is 7.99. The van der Waals surface area contributed by atoms with E-state index in [0.717, 1.165) is 11.8 Å². The van der Waals surface area contributed by atoms with Gasteiger partial charge >= 0.3 is 5.82 Å². The Labute approximate surface area is 192 Å². The van der Waals surface area contributed by atoms with E-state index in [0.29, 0.717) is 37.2 Å². The van der Waals surface area contributed by atoms with E-state index >= 15 is 0 Å². The van der Waals surface area contributed by atoms with Crippen molar-refractivity contribution in [1.82, 2.24) is 29.1 Å². The summed E-state index contributed by atoms with van der Waals surface area (Å²) in [5, 5.41) is 23.4. The van der Waals surface area contributed by atoms with Crippen LogP contribution >= 0.6 is 46.3 Å². The molecule has 4 aromatic heterocycles. The predicted molar refractivity (Wildman–Crippen MR) is 118 cm³/mol. The van der Waals surface area contributed by atoms with E-state index in [-0.39, 0.29) is 10.8 Å². The molecular formula is C18H9Cl2N7O2S2. The van der Waals surface area contributed by atoms with Crippen LogP contribution in [-0.4, -0.2) is 34.1 Å². The van der Waals surface area contributed by atoms with Gasteiger partial charge in [-0.3, -0.25) is 9.55 Å². The number of thiazole rings is 1. The molecule has 0 saturated carbocycles. The average Bonchev–Trinajstić information content (AvgIpc) is 3.45. The van der Waals surface area contributed by atoms with Crippen molar-refractivity contribution >= 4 is 57.1 Å². The van der Waals surface area contributed by atoms with E-state index in [1.54, 1.807) is 52.8 Å². The summed E-state index contributed by atoms with van der Waals surface area (Å²) in [4.78, 5) is 20.3. The molecule has 5 rings (SSSR count). The number of hydrogen-bond acceptors (Lipinski definition) is 8. The molecule has 0 N–H and O–H groups in total. The molecule has 9 nitrogen and oxygen atoms in total. The fraction of sp³-hybridized carbons (Fsp3) is 0.